The first kappa shape index (κ1) is 43.4. The summed E-state index contributed by atoms with van der Waals surface area (Å²) in [5, 5.41) is 11.8. The number of ether oxygens (including phenoxy) is 10. The summed E-state index contributed by atoms with van der Waals surface area (Å²) in [4.78, 5) is 55.5. The molecule has 0 bridgehead atoms. The van der Waals surface area contributed by atoms with E-state index < -0.39 is 98.2 Å². The number of carbonyl (C=O) groups excluding carboxylic acids is 4. The van der Waals surface area contributed by atoms with Gasteiger partial charge in [0.1, 0.15) is 37.1 Å². The smallest absolute Gasteiger partial charge is 0.338 e. The number of esters is 4. The molecule has 3 fully saturated rings. The van der Waals surface area contributed by atoms with Crippen molar-refractivity contribution in [3.05, 3.63) is 179 Å². The highest BCUT2D eigenvalue weighted by atomic mass is 16.8. The van der Waals surface area contributed by atoms with Gasteiger partial charge >= 0.3 is 23.9 Å². The van der Waals surface area contributed by atoms with Crippen LogP contribution in [-0.2, 0) is 47.4 Å². The minimum absolute atomic E-state index is 0.00149. The van der Waals surface area contributed by atoms with Gasteiger partial charge in [0.25, 0.3) is 0 Å². The van der Waals surface area contributed by atoms with Gasteiger partial charge in [-0.2, -0.15) is 0 Å². The summed E-state index contributed by atoms with van der Waals surface area (Å²) in [7, 11) is 1.34. The van der Waals surface area contributed by atoms with Crippen LogP contribution in [0.2, 0.25) is 0 Å². The number of hydrogen-bond acceptors (Lipinski definition) is 15. The second-order valence-corrected chi connectivity index (χ2v) is 14.8. The molecule has 15 nitrogen and oxygen atoms in total. The van der Waals surface area contributed by atoms with Crippen LogP contribution in [-0.4, -0.2) is 111 Å². The lowest BCUT2D eigenvalue weighted by Gasteiger charge is -2.50. The molecule has 0 amide bonds. The normalized spacial score (nSPS) is 27.8. The number of methoxy groups -OCH3 is 1. The zero-order valence-electron chi connectivity index (χ0n) is 33.9. The van der Waals surface area contributed by atoms with Gasteiger partial charge in [-0.15, -0.1) is 0 Å². The van der Waals surface area contributed by atoms with Crippen LogP contribution in [0.15, 0.2) is 152 Å². The lowest BCUT2D eigenvalue weighted by molar-refractivity contribution is -0.389. The van der Waals surface area contributed by atoms with Crippen LogP contribution >= 0.6 is 0 Å². The molecule has 11 atom stereocenters. The Morgan fingerprint density at radius 1 is 0.540 bits per heavy atom. The van der Waals surface area contributed by atoms with Crippen molar-refractivity contribution >= 4 is 23.9 Å². The average molecular weight is 861 g/mol. The van der Waals surface area contributed by atoms with Gasteiger partial charge in [-0.1, -0.05) is 103 Å². The summed E-state index contributed by atoms with van der Waals surface area (Å²) in [6.45, 7) is -0.579. The molecular formula is C48H44O15. The SMILES string of the molecule is CO[C@H]1O[C@@H]2COC(c3ccccc3)O[C@H]2[C@H](O[C@H]2O[C@H](COC(=O)c3ccccc3)[C@@H](OC(=O)c3ccccc3)[C@H](OC(=O)c3ccccc3)[C@H]2OC(=O)c2ccccc2)[C@H]1O. The Hall–Kier alpha value is -6.30. The fraction of sp³-hybridized carbons (Fsp3) is 0.292. The van der Waals surface area contributed by atoms with Gasteiger partial charge in [-0.05, 0) is 48.5 Å². The van der Waals surface area contributed by atoms with Crippen LogP contribution in [0, 0.1) is 0 Å². The topological polar surface area (TPSA) is 181 Å². The predicted octanol–water partition coefficient (Wildman–Crippen LogP) is 5.48. The first-order chi connectivity index (χ1) is 30.8. The van der Waals surface area contributed by atoms with E-state index in [1.54, 1.807) is 84.9 Å². The third-order valence-corrected chi connectivity index (χ3v) is 10.6. The Morgan fingerprint density at radius 3 is 1.51 bits per heavy atom. The molecule has 1 N–H and O–H groups in total. The summed E-state index contributed by atoms with van der Waals surface area (Å²) < 4.78 is 61.6. The highest BCUT2D eigenvalue weighted by Crippen LogP contribution is 2.39. The summed E-state index contributed by atoms with van der Waals surface area (Å²) in [6, 6.07) is 41.3. The van der Waals surface area contributed by atoms with E-state index in [1.165, 1.54) is 43.5 Å². The Balaban J connectivity index is 1.21. The largest absolute Gasteiger partial charge is 0.459 e. The molecule has 5 aromatic carbocycles. The van der Waals surface area contributed by atoms with E-state index in [0.717, 1.165) is 0 Å². The molecule has 326 valence electrons. The van der Waals surface area contributed by atoms with Crippen molar-refractivity contribution in [2.75, 3.05) is 20.3 Å². The van der Waals surface area contributed by atoms with Gasteiger partial charge < -0.3 is 52.5 Å². The number of benzene rings is 5. The average Bonchev–Trinajstić information content (AvgIpc) is 3.34. The molecule has 0 aromatic heterocycles. The minimum Gasteiger partial charge on any atom is -0.459 e. The van der Waals surface area contributed by atoms with Gasteiger partial charge in [-0.3, -0.25) is 0 Å². The number of aliphatic hydroxyl groups excluding tert-OH is 1. The Labute approximate surface area is 362 Å². The van der Waals surface area contributed by atoms with Crippen LogP contribution in [0.25, 0.3) is 0 Å². The summed E-state index contributed by atoms with van der Waals surface area (Å²) in [5.41, 5.74) is 1.26. The molecule has 3 aliphatic rings. The van der Waals surface area contributed by atoms with Crippen LogP contribution in [0.1, 0.15) is 53.3 Å². The van der Waals surface area contributed by atoms with Gasteiger partial charge in [-0.25, -0.2) is 19.2 Å². The molecule has 0 saturated carbocycles. The third kappa shape index (κ3) is 10.2. The monoisotopic (exact) mass is 860 g/mol. The molecule has 0 radical (unpaired) electrons. The second-order valence-electron chi connectivity index (χ2n) is 14.8. The van der Waals surface area contributed by atoms with Gasteiger partial charge in [0, 0.05) is 12.7 Å². The van der Waals surface area contributed by atoms with E-state index in [2.05, 4.69) is 0 Å². The number of hydrogen-bond donors (Lipinski definition) is 1. The molecule has 15 heteroatoms. The fourth-order valence-corrected chi connectivity index (χ4v) is 7.48. The lowest BCUT2D eigenvalue weighted by Crippen LogP contribution is -2.67. The van der Waals surface area contributed by atoms with E-state index in [-0.39, 0.29) is 28.9 Å². The Kier molecular flexibility index (Phi) is 13.9. The maximum atomic E-state index is 14.1. The number of aliphatic hydroxyl groups is 1. The molecule has 63 heavy (non-hydrogen) atoms. The first-order valence-corrected chi connectivity index (χ1v) is 20.3. The standard InChI is InChI=1S/C48H44O15/c1-54-47-36(49)39(37-35(57-47)28-56-46(62-37)33-25-15-6-16-26-33)63-48-41(61-45(53)32-23-13-5-14-24-32)40(60-44(52)31-21-11-4-12-22-31)38(59-43(51)30-19-9-3-10-20-30)34(58-48)27-55-42(50)29-17-7-2-8-18-29/h2-26,34-41,46-49H,27-28H2,1H3/t34-,35-,36-,37-,38-,39-,40+,41-,46?,47+,48-/m1/s1. The van der Waals surface area contributed by atoms with E-state index in [9.17, 15) is 24.3 Å². The summed E-state index contributed by atoms with van der Waals surface area (Å²) >= 11 is 0. The molecule has 3 saturated heterocycles. The molecule has 0 aliphatic carbocycles. The van der Waals surface area contributed by atoms with Crippen LogP contribution in [0.4, 0.5) is 0 Å². The zero-order valence-corrected chi connectivity index (χ0v) is 33.9. The van der Waals surface area contributed by atoms with E-state index in [1.807, 2.05) is 30.3 Å². The van der Waals surface area contributed by atoms with Crippen molar-refractivity contribution in [3.63, 3.8) is 0 Å². The van der Waals surface area contributed by atoms with Crippen molar-refractivity contribution in [1.82, 2.24) is 0 Å². The van der Waals surface area contributed by atoms with Crippen molar-refractivity contribution in [1.29, 1.82) is 0 Å². The molecule has 5 aromatic rings. The van der Waals surface area contributed by atoms with Crippen molar-refractivity contribution in [2.24, 2.45) is 0 Å². The molecule has 0 spiro atoms. The Morgan fingerprint density at radius 2 is 1.00 bits per heavy atom. The van der Waals surface area contributed by atoms with Crippen LogP contribution in [0.3, 0.4) is 0 Å². The number of carbonyl (C=O) groups is 4. The van der Waals surface area contributed by atoms with E-state index in [0.29, 0.717) is 5.56 Å². The fourth-order valence-electron chi connectivity index (χ4n) is 7.48. The van der Waals surface area contributed by atoms with Crippen LogP contribution in [0.5, 0.6) is 0 Å². The highest BCUT2D eigenvalue weighted by Gasteiger charge is 2.57. The number of fused-ring (bicyclic) bond motifs is 1. The summed E-state index contributed by atoms with van der Waals surface area (Å²) in [5.74, 6) is -3.36. The quantitative estimate of drug-likeness (QED) is 0.116. The molecule has 1 unspecified atom stereocenters. The Bertz CT molecular complexity index is 2280. The third-order valence-electron chi connectivity index (χ3n) is 10.6. The molecule has 3 aliphatic heterocycles. The number of rotatable bonds is 13. The minimum atomic E-state index is -1.74. The predicted molar refractivity (Wildman–Crippen MR) is 219 cm³/mol. The maximum absolute atomic E-state index is 14.1. The zero-order chi connectivity index (χ0) is 43.7. The molecule has 8 rings (SSSR count). The van der Waals surface area contributed by atoms with E-state index in [4.69, 9.17) is 47.4 Å². The molecular weight excluding hydrogens is 817 g/mol. The van der Waals surface area contributed by atoms with Crippen LogP contribution < -0.4 is 0 Å². The maximum Gasteiger partial charge on any atom is 0.338 e. The van der Waals surface area contributed by atoms with Gasteiger partial charge in [0.15, 0.2) is 37.2 Å². The lowest BCUT2D eigenvalue weighted by atomic mass is 9.95. The van der Waals surface area contributed by atoms with E-state index >= 15 is 0 Å². The summed E-state index contributed by atoms with van der Waals surface area (Å²) in [6.07, 6.45) is -15.2. The van der Waals surface area contributed by atoms with Crippen molar-refractivity contribution in [3.8, 4) is 0 Å². The second kappa shape index (κ2) is 20.3. The molecule has 3 heterocycles. The highest BCUT2D eigenvalue weighted by molar-refractivity contribution is 5.91. The first-order valence-electron chi connectivity index (χ1n) is 20.3. The van der Waals surface area contributed by atoms with Gasteiger partial charge in [0.2, 0.25) is 0 Å². The van der Waals surface area contributed by atoms with Crippen molar-refractivity contribution < 1.29 is 71.7 Å². The van der Waals surface area contributed by atoms with Crippen molar-refractivity contribution in [2.45, 2.75) is 67.7 Å². The van der Waals surface area contributed by atoms with Gasteiger partial charge in [0.05, 0.1) is 28.9 Å².